The molecule has 0 radical (unpaired) electrons. The van der Waals surface area contributed by atoms with Crippen molar-refractivity contribution in [1.29, 1.82) is 0 Å². The maximum absolute atomic E-state index is 11.7. The summed E-state index contributed by atoms with van der Waals surface area (Å²) in [5.74, 6) is 1.45. The maximum atomic E-state index is 11.7. The van der Waals surface area contributed by atoms with Crippen molar-refractivity contribution in [2.75, 3.05) is 19.7 Å². The summed E-state index contributed by atoms with van der Waals surface area (Å²) in [7, 11) is 0. The number of nitrogens with zero attached hydrogens (tertiary/aromatic N) is 2. The van der Waals surface area contributed by atoms with Crippen molar-refractivity contribution in [1.82, 2.24) is 20.9 Å². The summed E-state index contributed by atoms with van der Waals surface area (Å²) in [6.45, 7) is 8.39. The van der Waals surface area contributed by atoms with Gasteiger partial charge in [-0.15, -0.1) is 11.3 Å². The number of benzene rings is 1. The topological polar surface area (TPSA) is 87.6 Å². The summed E-state index contributed by atoms with van der Waals surface area (Å²) in [6.07, 6.45) is 3.03. The largest absolute Gasteiger partial charge is 0.484 e. The standard InChI is InChI=1S/C22H31N5O2S/c1-4-23-22(25-13-21-26-15(2)16(3)30-21)24-12-11-17-5-9-19(10-6-17)29-14-20(28)27-18-7-8-18/h5-6,9-10,18H,4,7-8,11-14H2,1-3H3,(H,27,28)(H2,23,24,25). The van der Waals surface area contributed by atoms with E-state index in [0.29, 0.717) is 18.3 Å². The molecule has 1 amide bonds. The second-order valence-corrected chi connectivity index (χ2v) is 8.68. The van der Waals surface area contributed by atoms with E-state index in [-0.39, 0.29) is 12.5 Å². The molecule has 0 bridgehead atoms. The molecule has 1 aromatic carbocycles. The predicted molar refractivity (Wildman–Crippen MR) is 121 cm³/mol. The first-order valence-electron chi connectivity index (χ1n) is 10.5. The fourth-order valence-corrected chi connectivity index (χ4v) is 3.68. The quantitative estimate of drug-likeness (QED) is 0.399. The van der Waals surface area contributed by atoms with E-state index >= 15 is 0 Å². The normalized spacial score (nSPS) is 13.8. The van der Waals surface area contributed by atoms with Crippen LogP contribution in [0.25, 0.3) is 0 Å². The van der Waals surface area contributed by atoms with Crippen LogP contribution in [0.5, 0.6) is 5.75 Å². The lowest BCUT2D eigenvalue weighted by molar-refractivity contribution is -0.123. The number of aromatic nitrogens is 1. The van der Waals surface area contributed by atoms with Crippen molar-refractivity contribution < 1.29 is 9.53 Å². The lowest BCUT2D eigenvalue weighted by atomic mass is 10.1. The van der Waals surface area contributed by atoms with Crippen LogP contribution in [0.2, 0.25) is 0 Å². The number of hydrogen-bond donors (Lipinski definition) is 3. The van der Waals surface area contributed by atoms with Crippen LogP contribution in [0.15, 0.2) is 29.3 Å². The van der Waals surface area contributed by atoms with E-state index in [4.69, 9.17) is 4.74 Å². The van der Waals surface area contributed by atoms with E-state index in [1.165, 1.54) is 10.4 Å². The lowest BCUT2D eigenvalue weighted by Gasteiger charge is -2.11. The number of carbonyl (C=O) groups excluding carboxylic acids is 1. The molecular formula is C22H31N5O2S. The molecule has 3 N–H and O–H groups in total. The molecule has 1 saturated carbocycles. The number of amides is 1. The van der Waals surface area contributed by atoms with E-state index in [9.17, 15) is 4.79 Å². The number of ether oxygens (including phenoxy) is 1. The Kier molecular flexibility index (Phi) is 8.07. The van der Waals surface area contributed by atoms with Gasteiger partial charge in [0, 0.05) is 24.0 Å². The predicted octanol–water partition coefficient (Wildman–Crippen LogP) is 2.72. The average molecular weight is 430 g/mol. The molecule has 1 fully saturated rings. The Morgan fingerprint density at radius 1 is 1.23 bits per heavy atom. The first-order chi connectivity index (χ1) is 14.5. The van der Waals surface area contributed by atoms with E-state index in [1.807, 2.05) is 31.2 Å². The number of thiazole rings is 1. The van der Waals surface area contributed by atoms with Crippen molar-refractivity contribution in [3.8, 4) is 5.75 Å². The molecule has 3 rings (SSSR count). The molecule has 0 spiro atoms. The monoisotopic (exact) mass is 429 g/mol. The summed E-state index contributed by atoms with van der Waals surface area (Å²) in [5.41, 5.74) is 2.28. The summed E-state index contributed by atoms with van der Waals surface area (Å²) in [5, 5.41) is 10.6. The summed E-state index contributed by atoms with van der Waals surface area (Å²) in [6, 6.07) is 8.24. The Bertz CT molecular complexity index is 839. The fourth-order valence-electron chi connectivity index (χ4n) is 2.82. The van der Waals surface area contributed by atoms with Gasteiger partial charge in [0.15, 0.2) is 12.6 Å². The molecular weight excluding hydrogens is 398 g/mol. The number of rotatable bonds is 10. The average Bonchev–Trinajstić information content (AvgIpc) is 3.48. The zero-order valence-corrected chi connectivity index (χ0v) is 18.8. The molecule has 162 valence electrons. The number of hydrogen-bond acceptors (Lipinski definition) is 5. The van der Waals surface area contributed by atoms with Crippen LogP contribution in [-0.4, -0.2) is 42.6 Å². The van der Waals surface area contributed by atoms with E-state index in [1.54, 1.807) is 11.3 Å². The third-order valence-corrected chi connectivity index (χ3v) is 5.79. The summed E-state index contributed by atoms with van der Waals surface area (Å²) >= 11 is 1.70. The van der Waals surface area contributed by atoms with E-state index in [2.05, 4.69) is 39.8 Å². The highest BCUT2D eigenvalue weighted by molar-refractivity contribution is 7.11. The maximum Gasteiger partial charge on any atom is 0.258 e. The van der Waals surface area contributed by atoms with Crippen LogP contribution in [0, 0.1) is 13.8 Å². The van der Waals surface area contributed by atoms with Crippen molar-refractivity contribution in [3.63, 3.8) is 0 Å². The molecule has 0 aliphatic heterocycles. The molecule has 1 aliphatic rings. The Labute approximate surface area is 182 Å². The van der Waals surface area contributed by atoms with Gasteiger partial charge in [-0.2, -0.15) is 0 Å². The van der Waals surface area contributed by atoms with Gasteiger partial charge < -0.3 is 20.7 Å². The molecule has 7 nitrogen and oxygen atoms in total. The van der Waals surface area contributed by atoms with Crippen molar-refractivity contribution in [2.45, 2.75) is 52.6 Å². The van der Waals surface area contributed by atoms with Crippen molar-refractivity contribution in [2.24, 2.45) is 4.99 Å². The van der Waals surface area contributed by atoms with Crippen LogP contribution < -0.4 is 20.7 Å². The second-order valence-electron chi connectivity index (χ2n) is 7.40. The van der Waals surface area contributed by atoms with Gasteiger partial charge in [-0.25, -0.2) is 9.98 Å². The van der Waals surface area contributed by atoms with Gasteiger partial charge in [0.25, 0.3) is 5.91 Å². The smallest absolute Gasteiger partial charge is 0.258 e. The molecule has 30 heavy (non-hydrogen) atoms. The van der Waals surface area contributed by atoms with Gasteiger partial charge in [-0.1, -0.05) is 12.1 Å². The molecule has 2 aromatic rings. The molecule has 0 atom stereocenters. The van der Waals surface area contributed by atoms with Crippen molar-refractivity contribution >= 4 is 23.2 Å². The van der Waals surface area contributed by atoms with Gasteiger partial charge in [0.1, 0.15) is 10.8 Å². The van der Waals surface area contributed by atoms with Crippen LogP contribution >= 0.6 is 11.3 Å². The van der Waals surface area contributed by atoms with E-state index in [0.717, 1.165) is 49.0 Å². The number of carbonyl (C=O) groups is 1. The van der Waals surface area contributed by atoms with Gasteiger partial charge in [-0.3, -0.25) is 4.79 Å². The molecule has 1 aromatic heterocycles. The molecule has 8 heteroatoms. The van der Waals surface area contributed by atoms with Gasteiger partial charge in [0.05, 0.1) is 12.2 Å². The molecule has 1 aliphatic carbocycles. The second kappa shape index (κ2) is 11.0. The van der Waals surface area contributed by atoms with E-state index < -0.39 is 0 Å². The number of aliphatic imine (C=N–C) groups is 1. The minimum Gasteiger partial charge on any atom is -0.484 e. The number of nitrogens with one attached hydrogen (secondary N) is 3. The van der Waals surface area contributed by atoms with Crippen LogP contribution in [-0.2, 0) is 17.8 Å². The molecule has 1 heterocycles. The van der Waals surface area contributed by atoms with Gasteiger partial charge >= 0.3 is 0 Å². The first kappa shape index (κ1) is 22.1. The summed E-state index contributed by atoms with van der Waals surface area (Å²) in [4.78, 5) is 22.1. The molecule has 0 saturated heterocycles. The lowest BCUT2D eigenvalue weighted by Crippen LogP contribution is -2.38. The third kappa shape index (κ3) is 7.33. The van der Waals surface area contributed by atoms with Gasteiger partial charge in [-0.05, 0) is 57.7 Å². The Hall–Kier alpha value is -2.61. The van der Waals surface area contributed by atoms with Crippen LogP contribution in [0.3, 0.4) is 0 Å². The highest BCUT2D eigenvalue weighted by atomic mass is 32.1. The number of guanidine groups is 1. The Morgan fingerprint density at radius 3 is 2.63 bits per heavy atom. The van der Waals surface area contributed by atoms with Crippen molar-refractivity contribution in [3.05, 3.63) is 45.4 Å². The minimum atomic E-state index is -0.0518. The SMILES string of the molecule is CCNC(=NCc1nc(C)c(C)s1)NCCc1ccc(OCC(=O)NC2CC2)cc1. The highest BCUT2D eigenvalue weighted by Gasteiger charge is 2.23. The Morgan fingerprint density at radius 2 is 2.00 bits per heavy atom. The zero-order valence-electron chi connectivity index (χ0n) is 18.0. The van der Waals surface area contributed by atoms with Crippen LogP contribution in [0.1, 0.15) is 40.9 Å². The Balaban J connectivity index is 1.41. The highest BCUT2D eigenvalue weighted by Crippen LogP contribution is 2.19. The number of aryl methyl sites for hydroxylation is 2. The summed E-state index contributed by atoms with van der Waals surface area (Å²) < 4.78 is 5.55. The fraction of sp³-hybridized carbons (Fsp3) is 0.500. The molecule has 0 unspecified atom stereocenters. The zero-order chi connectivity index (χ0) is 21.3. The van der Waals surface area contributed by atoms with Crippen LogP contribution in [0.4, 0.5) is 0 Å². The third-order valence-electron chi connectivity index (χ3n) is 4.73. The van der Waals surface area contributed by atoms with Gasteiger partial charge in [0.2, 0.25) is 0 Å². The first-order valence-corrected chi connectivity index (χ1v) is 11.3. The minimum absolute atomic E-state index is 0.0518.